The molecule has 6 aromatic rings. The van der Waals surface area contributed by atoms with E-state index in [0.29, 0.717) is 33.4 Å². The summed E-state index contributed by atoms with van der Waals surface area (Å²) in [6.07, 6.45) is 0. The molecule has 0 saturated heterocycles. The first-order valence-corrected chi connectivity index (χ1v) is 15.8. The van der Waals surface area contributed by atoms with Crippen LogP contribution in [-0.2, 0) is 40.2 Å². The van der Waals surface area contributed by atoms with E-state index in [-0.39, 0.29) is 73.6 Å². The minimum absolute atomic E-state index is 0. The molecular formula is C42H30Ir2O12. The normalized spacial score (nSPS) is 9.64. The van der Waals surface area contributed by atoms with Crippen LogP contribution < -0.4 is 0 Å². The van der Waals surface area contributed by atoms with Crippen LogP contribution in [0.3, 0.4) is 0 Å². The number of carboxylic acids is 6. The Morgan fingerprint density at radius 1 is 0.268 bits per heavy atom. The molecule has 0 atom stereocenters. The molecule has 0 amide bonds. The zero-order valence-electron chi connectivity index (χ0n) is 28.7. The zero-order chi connectivity index (χ0) is 39.4. The second-order valence-corrected chi connectivity index (χ2v) is 11.1. The average molecular weight is 1110 g/mol. The fourth-order valence-corrected chi connectivity index (χ4v) is 5.46. The maximum absolute atomic E-state index is 11.3. The van der Waals surface area contributed by atoms with Gasteiger partial charge in [0.05, 0.1) is 33.4 Å². The summed E-state index contributed by atoms with van der Waals surface area (Å²) >= 11 is 0. The maximum atomic E-state index is 11.3. The summed E-state index contributed by atoms with van der Waals surface area (Å²) in [5, 5.41) is 54.6. The predicted octanol–water partition coefficient (Wildman–Crippen LogP) is 8.25. The third kappa shape index (κ3) is 11.2. The molecule has 0 fully saturated rings. The van der Waals surface area contributed by atoms with Crippen LogP contribution in [0.15, 0.2) is 146 Å². The molecule has 0 unspecified atom stereocenters. The van der Waals surface area contributed by atoms with Gasteiger partial charge in [0.1, 0.15) is 0 Å². The largest absolute Gasteiger partial charge is 0.478 e. The van der Waals surface area contributed by atoms with Gasteiger partial charge in [-0.1, -0.05) is 127 Å². The Hall–Kier alpha value is -6.56. The minimum Gasteiger partial charge on any atom is -0.478 e. The summed E-state index contributed by atoms with van der Waals surface area (Å²) in [6.45, 7) is 0. The number of carbonyl (C=O) groups is 6. The first-order valence-electron chi connectivity index (χ1n) is 15.8. The molecule has 0 saturated carbocycles. The number of aromatic carboxylic acids is 6. The second-order valence-electron chi connectivity index (χ2n) is 11.1. The molecule has 12 nitrogen and oxygen atoms in total. The SMILES string of the molecule is O=C(O)c1cccc(-c2ccccc2)c1C(=O)O.O=C(O)c1cccc(-c2ccccc2)c1C(=O)O.O=C(O)c1cccc(-c2ccccc2)c1C(=O)O.[Ir].[Ir]. The molecule has 6 N–H and O–H groups in total. The number of hydrogen-bond donors (Lipinski definition) is 6. The first kappa shape index (κ1) is 45.6. The molecule has 6 rings (SSSR count). The van der Waals surface area contributed by atoms with Gasteiger partial charge in [-0.2, -0.15) is 0 Å². The summed E-state index contributed by atoms with van der Waals surface area (Å²) in [5.74, 6) is -7.47. The summed E-state index contributed by atoms with van der Waals surface area (Å²) in [4.78, 5) is 66.9. The molecule has 0 aliphatic rings. The standard InChI is InChI=1S/3C14H10O4.2Ir/c3*15-13(16)11-8-4-7-10(12(11)14(17)18)9-5-2-1-3-6-9;;/h3*1-8H,(H,15,16)(H,17,18);;. The smallest absolute Gasteiger partial charge is 0.337 e. The molecular weight excluding hydrogens is 1080 g/mol. The van der Waals surface area contributed by atoms with Gasteiger partial charge in [0.15, 0.2) is 0 Å². The van der Waals surface area contributed by atoms with Crippen molar-refractivity contribution in [2.24, 2.45) is 0 Å². The second kappa shape index (κ2) is 21.4. The Labute approximate surface area is 346 Å². The van der Waals surface area contributed by atoms with Crippen LogP contribution >= 0.6 is 0 Å². The van der Waals surface area contributed by atoms with Crippen LogP contribution in [0.5, 0.6) is 0 Å². The van der Waals surface area contributed by atoms with E-state index in [1.54, 1.807) is 91.0 Å². The van der Waals surface area contributed by atoms with Crippen LogP contribution in [0.2, 0.25) is 0 Å². The molecule has 0 heterocycles. The zero-order valence-corrected chi connectivity index (χ0v) is 33.4. The fraction of sp³-hybridized carbons (Fsp3) is 0. The van der Waals surface area contributed by atoms with Gasteiger partial charge >= 0.3 is 35.8 Å². The van der Waals surface area contributed by atoms with Crippen LogP contribution in [0.25, 0.3) is 33.4 Å². The average Bonchev–Trinajstić information content (AvgIpc) is 3.18. The van der Waals surface area contributed by atoms with E-state index >= 15 is 0 Å². The quantitative estimate of drug-likeness (QED) is 0.0806. The molecule has 0 aromatic heterocycles. The topological polar surface area (TPSA) is 224 Å². The number of benzene rings is 6. The van der Waals surface area contributed by atoms with Gasteiger partial charge in [0.25, 0.3) is 0 Å². The predicted molar refractivity (Wildman–Crippen MR) is 197 cm³/mol. The van der Waals surface area contributed by atoms with Crippen molar-refractivity contribution in [3.05, 3.63) is 179 Å². The van der Waals surface area contributed by atoms with Crippen LogP contribution in [-0.4, -0.2) is 66.5 Å². The molecule has 2 radical (unpaired) electrons. The van der Waals surface area contributed by atoms with Gasteiger partial charge < -0.3 is 30.6 Å². The summed E-state index contributed by atoms with van der Waals surface area (Å²) < 4.78 is 0. The van der Waals surface area contributed by atoms with Crippen LogP contribution in [0.1, 0.15) is 62.1 Å². The van der Waals surface area contributed by atoms with E-state index < -0.39 is 35.8 Å². The van der Waals surface area contributed by atoms with E-state index in [1.165, 1.54) is 36.4 Å². The van der Waals surface area contributed by atoms with Crippen molar-refractivity contribution in [1.29, 1.82) is 0 Å². The molecule has 0 aliphatic heterocycles. The van der Waals surface area contributed by atoms with Crippen LogP contribution in [0, 0.1) is 0 Å². The molecule has 14 heteroatoms. The van der Waals surface area contributed by atoms with Crippen molar-refractivity contribution in [2.75, 3.05) is 0 Å². The first-order chi connectivity index (χ1) is 25.8. The Morgan fingerprint density at radius 3 is 0.661 bits per heavy atom. The van der Waals surface area contributed by atoms with Crippen molar-refractivity contribution in [3.8, 4) is 33.4 Å². The Bertz CT molecular complexity index is 2080. The molecule has 56 heavy (non-hydrogen) atoms. The van der Waals surface area contributed by atoms with Gasteiger partial charge in [0.2, 0.25) is 0 Å². The van der Waals surface area contributed by atoms with E-state index in [9.17, 15) is 44.1 Å². The molecule has 0 aliphatic carbocycles. The molecule has 0 bridgehead atoms. The van der Waals surface area contributed by atoms with Crippen molar-refractivity contribution in [2.45, 2.75) is 0 Å². The Morgan fingerprint density at radius 2 is 0.482 bits per heavy atom. The Kier molecular flexibility index (Phi) is 17.4. The maximum Gasteiger partial charge on any atom is 0.337 e. The van der Waals surface area contributed by atoms with Crippen molar-refractivity contribution < 1.29 is 99.6 Å². The fourth-order valence-electron chi connectivity index (χ4n) is 5.46. The molecule has 6 aromatic carbocycles. The van der Waals surface area contributed by atoms with E-state index in [1.807, 2.05) is 18.2 Å². The third-order valence-electron chi connectivity index (χ3n) is 7.78. The van der Waals surface area contributed by atoms with Crippen molar-refractivity contribution >= 4 is 35.8 Å². The minimum atomic E-state index is -1.25. The number of hydrogen-bond acceptors (Lipinski definition) is 6. The van der Waals surface area contributed by atoms with Gasteiger partial charge in [-0.05, 0) is 51.6 Å². The van der Waals surface area contributed by atoms with Gasteiger partial charge in [-0.25, -0.2) is 28.8 Å². The van der Waals surface area contributed by atoms with Gasteiger partial charge in [-0.3, -0.25) is 0 Å². The van der Waals surface area contributed by atoms with Gasteiger partial charge in [0, 0.05) is 40.2 Å². The van der Waals surface area contributed by atoms with Crippen LogP contribution in [0.4, 0.5) is 0 Å². The van der Waals surface area contributed by atoms with E-state index in [0.717, 1.165) is 0 Å². The van der Waals surface area contributed by atoms with E-state index in [4.69, 9.17) is 15.3 Å². The van der Waals surface area contributed by atoms with E-state index in [2.05, 4.69) is 0 Å². The monoisotopic (exact) mass is 1110 g/mol. The molecule has 0 spiro atoms. The van der Waals surface area contributed by atoms with Crippen molar-refractivity contribution in [3.63, 3.8) is 0 Å². The van der Waals surface area contributed by atoms with Crippen molar-refractivity contribution in [1.82, 2.24) is 0 Å². The summed E-state index contributed by atoms with van der Waals surface area (Å²) in [5.41, 5.74) is 2.09. The number of rotatable bonds is 9. The van der Waals surface area contributed by atoms with Gasteiger partial charge in [-0.15, -0.1) is 0 Å². The summed E-state index contributed by atoms with van der Waals surface area (Å²) in [7, 11) is 0. The third-order valence-corrected chi connectivity index (χ3v) is 7.78. The Balaban J connectivity index is 0.000000285. The summed E-state index contributed by atoms with van der Waals surface area (Å²) in [6, 6.07) is 39.8. The molecule has 288 valence electrons. The number of carboxylic acid groups (broad SMARTS) is 6.